The van der Waals surface area contributed by atoms with Crippen LogP contribution < -0.4 is 4.74 Å². The van der Waals surface area contributed by atoms with E-state index < -0.39 is 23.9 Å². The number of aryl methyl sites for hydroxylation is 2. The van der Waals surface area contributed by atoms with Crippen molar-refractivity contribution in [1.82, 2.24) is 24.9 Å². The topological polar surface area (TPSA) is 99.4 Å². The van der Waals surface area contributed by atoms with E-state index in [2.05, 4.69) is 15.3 Å². The van der Waals surface area contributed by atoms with E-state index in [4.69, 9.17) is 9.47 Å². The van der Waals surface area contributed by atoms with Crippen LogP contribution in [0.5, 0.6) is 5.75 Å². The Labute approximate surface area is 238 Å². The molecule has 41 heavy (non-hydrogen) atoms. The quantitative estimate of drug-likeness (QED) is 0.277. The number of allylic oxidation sites excluding steroid dienone is 1. The fourth-order valence-corrected chi connectivity index (χ4v) is 5.78. The Morgan fingerprint density at radius 3 is 2.56 bits per heavy atom. The molecular formula is C29H38F3N5O4. The lowest BCUT2D eigenvalue weighted by atomic mass is 9.87. The van der Waals surface area contributed by atoms with E-state index >= 15 is 0 Å². The molecule has 224 valence electrons. The van der Waals surface area contributed by atoms with Gasteiger partial charge in [0.15, 0.2) is 11.4 Å². The molecule has 9 nitrogen and oxygen atoms in total. The minimum Gasteiger partial charge on any atom is -0.488 e. The summed E-state index contributed by atoms with van der Waals surface area (Å²) in [6.07, 6.45) is 1.35. The van der Waals surface area contributed by atoms with Crippen molar-refractivity contribution in [2.75, 3.05) is 7.05 Å². The third kappa shape index (κ3) is 7.47. The van der Waals surface area contributed by atoms with Gasteiger partial charge in [-0.15, -0.1) is 5.10 Å². The molecule has 2 aromatic rings. The van der Waals surface area contributed by atoms with E-state index in [-0.39, 0.29) is 36.0 Å². The minimum absolute atomic E-state index is 0.0509. The van der Waals surface area contributed by atoms with Gasteiger partial charge in [-0.05, 0) is 64.5 Å². The van der Waals surface area contributed by atoms with Gasteiger partial charge in [0, 0.05) is 33.0 Å². The predicted octanol–water partition coefficient (Wildman–Crippen LogP) is 5.31. The molecule has 0 spiro atoms. The first-order chi connectivity index (χ1) is 19.5. The molecule has 2 atom stereocenters. The van der Waals surface area contributed by atoms with Crippen molar-refractivity contribution < 1.29 is 32.2 Å². The Hall–Kier alpha value is -3.40. The molecule has 2 fully saturated rings. The zero-order valence-electron chi connectivity index (χ0n) is 24.0. The van der Waals surface area contributed by atoms with E-state index in [1.165, 1.54) is 16.8 Å². The van der Waals surface area contributed by atoms with Crippen LogP contribution in [-0.2, 0) is 34.0 Å². The van der Waals surface area contributed by atoms with Crippen LogP contribution in [0, 0.1) is 5.92 Å². The summed E-state index contributed by atoms with van der Waals surface area (Å²) >= 11 is 0. The molecule has 0 amide bonds. The molecule has 0 aromatic carbocycles. The third-order valence-corrected chi connectivity index (χ3v) is 7.89. The monoisotopic (exact) mass is 577 g/mol. The number of nitrogens with zero attached hydrogens (tertiary/aromatic N) is 5. The van der Waals surface area contributed by atoms with Gasteiger partial charge in [0.1, 0.15) is 11.6 Å². The number of pyridine rings is 1. The number of alkyl halides is 3. The molecule has 12 heteroatoms. The maximum Gasteiger partial charge on any atom is 0.437 e. The highest BCUT2D eigenvalue weighted by Crippen LogP contribution is 2.39. The molecule has 2 aliphatic rings. The molecule has 0 unspecified atom stereocenters. The summed E-state index contributed by atoms with van der Waals surface area (Å²) < 4.78 is 55.1. The SMILES string of the molecule is CC(C)OC(=O)[C@H]1CCC[C@H](Oc2ccc(-c3c(CCC(=C=O)N(C)C4CCCC4)nnn3C)nc2C(F)(F)F)C1. The van der Waals surface area contributed by atoms with Crippen LogP contribution in [0.1, 0.15) is 83.0 Å². The fraction of sp³-hybridized carbons (Fsp3) is 0.655. The van der Waals surface area contributed by atoms with Gasteiger partial charge in [-0.2, -0.15) is 13.2 Å². The number of carbonyl (C=O) groups is 1. The van der Waals surface area contributed by atoms with Crippen molar-refractivity contribution in [3.8, 4) is 17.1 Å². The third-order valence-electron chi connectivity index (χ3n) is 7.89. The summed E-state index contributed by atoms with van der Waals surface area (Å²) in [5.74, 6) is 0.884. The van der Waals surface area contributed by atoms with Crippen LogP contribution in [0.3, 0.4) is 0 Å². The van der Waals surface area contributed by atoms with Gasteiger partial charge >= 0.3 is 12.1 Å². The average Bonchev–Trinajstić information content (AvgIpc) is 3.59. The van der Waals surface area contributed by atoms with Crippen LogP contribution in [-0.4, -0.2) is 62.1 Å². The van der Waals surface area contributed by atoms with Crippen LogP contribution >= 0.6 is 0 Å². The second-order valence-corrected chi connectivity index (χ2v) is 11.2. The zero-order chi connectivity index (χ0) is 29.7. The number of hydrogen-bond donors (Lipinski definition) is 0. The number of ether oxygens (including phenoxy) is 2. The maximum atomic E-state index is 14.2. The Kier molecular flexibility index (Phi) is 9.73. The summed E-state index contributed by atoms with van der Waals surface area (Å²) in [6.45, 7) is 3.51. The molecular weight excluding hydrogens is 539 g/mol. The summed E-state index contributed by atoms with van der Waals surface area (Å²) in [6, 6.07) is 3.01. The van der Waals surface area contributed by atoms with Gasteiger partial charge in [-0.3, -0.25) is 4.79 Å². The van der Waals surface area contributed by atoms with Gasteiger partial charge in [0.2, 0.25) is 0 Å². The molecule has 0 N–H and O–H groups in total. The molecule has 0 saturated heterocycles. The smallest absolute Gasteiger partial charge is 0.437 e. The Morgan fingerprint density at radius 1 is 1.17 bits per heavy atom. The molecule has 2 aliphatic carbocycles. The van der Waals surface area contributed by atoms with E-state index in [0.717, 1.165) is 25.7 Å². The maximum absolute atomic E-state index is 14.2. The van der Waals surface area contributed by atoms with Gasteiger partial charge < -0.3 is 14.4 Å². The second-order valence-electron chi connectivity index (χ2n) is 11.2. The number of carbonyl (C=O) groups excluding carboxylic acids is 2. The summed E-state index contributed by atoms with van der Waals surface area (Å²) in [7, 11) is 3.47. The predicted molar refractivity (Wildman–Crippen MR) is 144 cm³/mol. The lowest BCUT2D eigenvalue weighted by molar-refractivity contribution is -0.155. The lowest BCUT2D eigenvalue weighted by Crippen LogP contribution is -2.32. The van der Waals surface area contributed by atoms with Gasteiger partial charge in [0.25, 0.3) is 0 Å². The number of halogens is 3. The van der Waals surface area contributed by atoms with Crippen molar-refractivity contribution in [3.05, 3.63) is 29.2 Å². The van der Waals surface area contributed by atoms with E-state index in [0.29, 0.717) is 49.2 Å². The molecule has 2 heterocycles. The van der Waals surface area contributed by atoms with Gasteiger partial charge in [-0.25, -0.2) is 14.5 Å². The standard InChI is InChI=1S/C29H38F3N5O4/c1-18(2)40-28(39)19-8-7-11-22(16-19)41-25-15-14-23(33-27(25)29(30,31)32)26-24(34-35-37(26)4)13-12-21(17-38)36(3)20-9-5-6-10-20/h14-15,18-20,22H,5-13,16H2,1-4H3/t19-,22-/m0/s1. The average molecular weight is 578 g/mol. The number of aromatic nitrogens is 4. The van der Waals surface area contributed by atoms with Crippen molar-refractivity contribution in [2.24, 2.45) is 13.0 Å². The second kappa shape index (κ2) is 13.1. The van der Waals surface area contributed by atoms with Crippen LogP contribution in [0.2, 0.25) is 0 Å². The molecule has 2 aromatic heterocycles. The first-order valence-electron chi connectivity index (χ1n) is 14.3. The minimum atomic E-state index is -4.78. The van der Waals surface area contributed by atoms with Crippen molar-refractivity contribution in [1.29, 1.82) is 0 Å². The van der Waals surface area contributed by atoms with Crippen molar-refractivity contribution in [2.45, 2.75) is 102 Å². The molecule has 0 radical (unpaired) electrons. The Morgan fingerprint density at radius 2 is 1.90 bits per heavy atom. The first kappa shape index (κ1) is 30.6. The van der Waals surface area contributed by atoms with Crippen LogP contribution in [0.4, 0.5) is 13.2 Å². The van der Waals surface area contributed by atoms with Gasteiger partial charge in [-0.1, -0.05) is 18.1 Å². The molecule has 2 saturated carbocycles. The van der Waals surface area contributed by atoms with E-state index in [1.807, 2.05) is 17.9 Å². The summed E-state index contributed by atoms with van der Waals surface area (Å²) in [5.41, 5.74) is 0.181. The largest absolute Gasteiger partial charge is 0.488 e. The first-order valence-corrected chi connectivity index (χ1v) is 14.3. The van der Waals surface area contributed by atoms with E-state index in [9.17, 15) is 22.8 Å². The summed E-state index contributed by atoms with van der Waals surface area (Å²) in [5, 5.41) is 8.18. The van der Waals surface area contributed by atoms with Crippen molar-refractivity contribution >= 4 is 11.9 Å². The molecule has 0 bridgehead atoms. The van der Waals surface area contributed by atoms with Gasteiger partial charge in [0.05, 0.1) is 35.2 Å². The fourth-order valence-electron chi connectivity index (χ4n) is 5.78. The normalized spacial score (nSPS) is 19.7. The number of esters is 1. The highest BCUT2D eigenvalue weighted by molar-refractivity contribution is 5.72. The van der Waals surface area contributed by atoms with Crippen molar-refractivity contribution in [3.63, 3.8) is 0 Å². The highest BCUT2D eigenvalue weighted by atomic mass is 19.4. The van der Waals surface area contributed by atoms with Crippen LogP contribution in [0.15, 0.2) is 17.8 Å². The zero-order valence-corrected chi connectivity index (χ0v) is 24.0. The Bertz CT molecular complexity index is 1270. The number of hydrogen-bond acceptors (Lipinski definition) is 8. The Balaban J connectivity index is 1.53. The molecule has 0 aliphatic heterocycles. The van der Waals surface area contributed by atoms with E-state index in [1.54, 1.807) is 20.9 Å². The van der Waals surface area contributed by atoms with Crippen LogP contribution in [0.25, 0.3) is 11.4 Å². The molecule has 4 rings (SSSR count). The lowest BCUT2D eigenvalue weighted by Gasteiger charge is -2.29. The number of rotatable bonds is 10. The highest BCUT2D eigenvalue weighted by Gasteiger charge is 2.39. The summed E-state index contributed by atoms with van der Waals surface area (Å²) in [4.78, 5) is 30.0.